The quantitative estimate of drug-likeness (QED) is 0.302. The minimum absolute atomic E-state index is 0.586. The van der Waals surface area contributed by atoms with Crippen LogP contribution < -0.4 is 0 Å². The summed E-state index contributed by atoms with van der Waals surface area (Å²) in [7, 11) is 0. The molecule has 0 N–H and O–H groups in total. The highest BCUT2D eigenvalue weighted by Gasteiger charge is 2.22. The molecule has 0 aromatic rings. The largest absolute Gasteiger partial charge is 0.237 e. The molecule has 0 bridgehead atoms. The molecule has 0 aromatic carbocycles. The van der Waals surface area contributed by atoms with Crippen molar-refractivity contribution in [3.05, 3.63) is 0 Å². The molecule has 0 fully saturated rings. The molecule has 0 amide bonds. The lowest BCUT2D eigenvalue weighted by Crippen LogP contribution is -2.18. The zero-order valence-electron chi connectivity index (χ0n) is 5.81. The molecular weight excluding hydrogens is 121 g/mol. The third kappa shape index (κ3) is 2.98. The molecule has 9 heavy (non-hydrogen) atoms. The van der Waals surface area contributed by atoms with E-state index in [9.17, 15) is 9.18 Å². The van der Waals surface area contributed by atoms with Gasteiger partial charge in [-0.25, -0.2) is 9.18 Å². The van der Waals surface area contributed by atoms with Crippen LogP contribution in [0, 0.1) is 5.41 Å². The molecule has 0 spiro atoms. The van der Waals surface area contributed by atoms with Gasteiger partial charge in [0.05, 0.1) is 0 Å². The molecule has 3 heteroatoms. The van der Waals surface area contributed by atoms with Crippen LogP contribution in [0.5, 0.6) is 0 Å². The van der Waals surface area contributed by atoms with Gasteiger partial charge in [0.1, 0.15) is 0 Å². The highest BCUT2D eigenvalue weighted by atomic mass is 19.1. The smallest absolute Gasteiger partial charge is 0.220 e. The lowest BCUT2D eigenvalue weighted by atomic mass is 9.96. The maximum Gasteiger partial charge on any atom is 0.237 e. The second-order valence-corrected chi connectivity index (χ2v) is 2.92. The average molecular weight is 131 g/mol. The summed E-state index contributed by atoms with van der Waals surface area (Å²) in [6.07, 6.45) is -0.261. The Morgan fingerprint density at radius 3 is 2.11 bits per heavy atom. The number of halogens is 1. The number of nitrogens with zero attached hydrogens (tertiary/aromatic N) is 1. The fourth-order valence-corrected chi connectivity index (χ4v) is 0.240. The highest BCUT2D eigenvalue weighted by Crippen LogP contribution is 2.22. The third-order valence-corrected chi connectivity index (χ3v) is 0.881. The van der Waals surface area contributed by atoms with Crippen molar-refractivity contribution in [1.82, 2.24) is 0 Å². The molecule has 0 aromatic heterocycles. The molecule has 0 aliphatic rings. The van der Waals surface area contributed by atoms with E-state index in [2.05, 4.69) is 4.99 Å². The Balaban J connectivity index is 4.03. The molecule has 2 nitrogen and oxygen atoms in total. The molecule has 0 rings (SSSR count). The predicted octanol–water partition coefficient (Wildman–Crippen LogP) is 1.66. The topological polar surface area (TPSA) is 29.4 Å². The van der Waals surface area contributed by atoms with E-state index in [4.69, 9.17) is 0 Å². The van der Waals surface area contributed by atoms with Crippen molar-refractivity contribution in [3.63, 3.8) is 0 Å². The Hall–Kier alpha value is -0.690. The van der Waals surface area contributed by atoms with Crippen LogP contribution in [0.2, 0.25) is 0 Å². The van der Waals surface area contributed by atoms with Crippen molar-refractivity contribution in [2.75, 3.05) is 0 Å². The van der Waals surface area contributed by atoms with Crippen LogP contribution in [0.15, 0.2) is 4.99 Å². The molecule has 0 saturated carbocycles. The number of carbonyl (C=O) groups excluding carboxylic acids is 1. The van der Waals surface area contributed by atoms with Gasteiger partial charge >= 0.3 is 0 Å². The first-order valence-corrected chi connectivity index (χ1v) is 2.69. The molecule has 0 aliphatic heterocycles. The summed E-state index contributed by atoms with van der Waals surface area (Å²) < 4.78 is 12.5. The summed E-state index contributed by atoms with van der Waals surface area (Å²) >= 11 is 0. The maximum atomic E-state index is 12.5. The fraction of sp³-hybridized carbons (Fsp3) is 0.833. The number of hydrogen-bond acceptors (Lipinski definition) is 2. The van der Waals surface area contributed by atoms with Gasteiger partial charge in [-0.1, -0.05) is 20.8 Å². The molecule has 52 valence electrons. The minimum atomic E-state index is -1.44. The molecule has 0 saturated heterocycles. The van der Waals surface area contributed by atoms with Crippen molar-refractivity contribution in [3.8, 4) is 0 Å². The average Bonchev–Trinajstić information content (AvgIpc) is 1.64. The maximum absolute atomic E-state index is 12.5. The van der Waals surface area contributed by atoms with Crippen molar-refractivity contribution < 1.29 is 9.18 Å². The van der Waals surface area contributed by atoms with Gasteiger partial charge in [0, 0.05) is 5.41 Å². The van der Waals surface area contributed by atoms with Crippen molar-refractivity contribution in [2.24, 2.45) is 10.4 Å². The minimum Gasteiger partial charge on any atom is -0.220 e. The Bertz CT molecular complexity index is 132. The molecule has 1 atom stereocenters. The van der Waals surface area contributed by atoms with Gasteiger partial charge in [-0.15, -0.1) is 0 Å². The van der Waals surface area contributed by atoms with Crippen LogP contribution in [0.25, 0.3) is 0 Å². The highest BCUT2D eigenvalue weighted by molar-refractivity contribution is 5.33. The van der Waals surface area contributed by atoms with E-state index in [1.807, 2.05) is 0 Å². The Labute approximate surface area is 53.8 Å². The lowest BCUT2D eigenvalue weighted by Gasteiger charge is -2.17. The normalized spacial score (nSPS) is 14.2. The van der Waals surface area contributed by atoms with Gasteiger partial charge in [-0.05, 0) is 0 Å². The van der Waals surface area contributed by atoms with E-state index in [0.717, 1.165) is 0 Å². The number of hydrogen-bond donors (Lipinski definition) is 0. The summed E-state index contributed by atoms with van der Waals surface area (Å²) in [5, 5.41) is 0. The summed E-state index contributed by atoms with van der Waals surface area (Å²) in [6, 6.07) is 0. The van der Waals surface area contributed by atoms with E-state index in [1.54, 1.807) is 20.8 Å². The van der Waals surface area contributed by atoms with Crippen LogP contribution >= 0.6 is 0 Å². The first-order chi connectivity index (χ1) is 3.98. The van der Waals surface area contributed by atoms with Gasteiger partial charge in [0.2, 0.25) is 12.4 Å². The predicted molar refractivity (Wildman–Crippen MR) is 32.5 cm³/mol. The number of rotatable bonds is 1. The van der Waals surface area contributed by atoms with Crippen molar-refractivity contribution in [2.45, 2.75) is 27.1 Å². The van der Waals surface area contributed by atoms with Crippen LogP contribution in [0.1, 0.15) is 20.8 Å². The van der Waals surface area contributed by atoms with Crippen LogP contribution in [0.3, 0.4) is 0 Å². The second kappa shape index (κ2) is 2.74. The Morgan fingerprint density at radius 1 is 1.56 bits per heavy atom. The zero-order chi connectivity index (χ0) is 7.49. The Morgan fingerprint density at radius 2 is 2.00 bits per heavy atom. The van der Waals surface area contributed by atoms with Gasteiger partial charge in [0.25, 0.3) is 0 Å². The van der Waals surface area contributed by atoms with E-state index in [1.165, 1.54) is 6.08 Å². The molecule has 1 unspecified atom stereocenters. The summed E-state index contributed by atoms with van der Waals surface area (Å²) in [5.41, 5.74) is -0.586. The van der Waals surface area contributed by atoms with E-state index >= 15 is 0 Å². The van der Waals surface area contributed by atoms with E-state index < -0.39 is 11.7 Å². The van der Waals surface area contributed by atoms with Crippen molar-refractivity contribution in [1.29, 1.82) is 0 Å². The van der Waals surface area contributed by atoms with Gasteiger partial charge in [0.15, 0.2) is 0 Å². The molecule has 0 heterocycles. The zero-order valence-corrected chi connectivity index (χ0v) is 5.81. The Kier molecular flexibility index (Phi) is 2.53. The monoisotopic (exact) mass is 131 g/mol. The second-order valence-electron chi connectivity index (χ2n) is 2.92. The fourth-order valence-electron chi connectivity index (χ4n) is 0.240. The standard InChI is InChI=1S/C6H10FNO/c1-6(2,3)5(7)8-4-9/h5H,1-3H3. The van der Waals surface area contributed by atoms with Crippen LogP contribution in [-0.2, 0) is 4.79 Å². The number of alkyl halides is 1. The first kappa shape index (κ1) is 8.31. The summed E-state index contributed by atoms with van der Waals surface area (Å²) in [4.78, 5) is 12.5. The molecule has 0 radical (unpaired) electrons. The van der Waals surface area contributed by atoms with Gasteiger partial charge < -0.3 is 0 Å². The summed E-state index contributed by atoms with van der Waals surface area (Å²) in [5.74, 6) is 0. The van der Waals surface area contributed by atoms with Crippen LogP contribution in [-0.4, -0.2) is 12.4 Å². The number of aliphatic imine (C=N–C) groups is 1. The van der Waals surface area contributed by atoms with Gasteiger partial charge in [-0.3, -0.25) is 0 Å². The van der Waals surface area contributed by atoms with E-state index in [-0.39, 0.29) is 0 Å². The molecule has 0 aliphatic carbocycles. The van der Waals surface area contributed by atoms with E-state index in [0.29, 0.717) is 0 Å². The molecular formula is C6H10FNO. The van der Waals surface area contributed by atoms with Gasteiger partial charge in [-0.2, -0.15) is 4.99 Å². The summed E-state index contributed by atoms with van der Waals surface area (Å²) in [6.45, 7) is 5.00. The lowest BCUT2D eigenvalue weighted by molar-refractivity contribution is 0.171. The van der Waals surface area contributed by atoms with Crippen molar-refractivity contribution >= 4 is 6.08 Å². The van der Waals surface area contributed by atoms with Crippen LogP contribution in [0.4, 0.5) is 4.39 Å². The number of isocyanates is 1. The SMILES string of the molecule is CC(C)(C)C(F)N=C=O. The third-order valence-electron chi connectivity index (χ3n) is 0.881. The first-order valence-electron chi connectivity index (χ1n) is 2.69.